The Bertz CT molecular complexity index is 457. The fourth-order valence-corrected chi connectivity index (χ4v) is 1.17. The topological polar surface area (TPSA) is 30.2 Å². The Morgan fingerprint density at radius 3 is 2.59 bits per heavy atom. The standard InChI is InChI=1S/C15H16O2/c1-13(5-3-6-14(2)10-11-16)8-9-15-7-4-12-17-15/h3-12H,1-2H3/b6-3+,9-8+,13-5+,14-10+. The molecule has 0 radical (unpaired) electrons. The summed E-state index contributed by atoms with van der Waals surface area (Å²) in [5.74, 6) is 0.832. The molecular weight excluding hydrogens is 212 g/mol. The number of aldehydes is 1. The Balaban J connectivity index is 2.55. The summed E-state index contributed by atoms with van der Waals surface area (Å²) in [5.41, 5.74) is 2.04. The maximum absolute atomic E-state index is 10.2. The third-order valence-corrected chi connectivity index (χ3v) is 2.10. The molecule has 1 aromatic rings. The largest absolute Gasteiger partial charge is 0.465 e. The summed E-state index contributed by atoms with van der Waals surface area (Å²) >= 11 is 0. The molecule has 0 aliphatic carbocycles. The molecule has 0 aliphatic heterocycles. The molecule has 1 heterocycles. The first kappa shape index (κ1) is 13.0. The minimum absolute atomic E-state index is 0.785. The number of carbonyl (C=O) groups excluding carboxylic acids is 1. The van der Waals surface area contributed by atoms with Gasteiger partial charge in [0.1, 0.15) is 12.0 Å². The summed E-state index contributed by atoms with van der Waals surface area (Å²) in [4.78, 5) is 10.2. The number of carbonyl (C=O) groups is 1. The Labute approximate surface area is 102 Å². The van der Waals surface area contributed by atoms with Crippen LogP contribution in [0.1, 0.15) is 19.6 Å². The second kappa shape index (κ2) is 7.23. The van der Waals surface area contributed by atoms with E-state index in [2.05, 4.69) is 0 Å². The molecule has 0 fully saturated rings. The Hall–Kier alpha value is -2.09. The van der Waals surface area contributed by atoms with Crippen LogP contribution in [0.4, 0.5) is 0 Å². The molecule has 1 rings (SSSR count). The number of hydrogen-bond donors (Lipinski definition) is 0. The lowest BCUT2D eigenvalue weighted by Crippen LogP contribution is -1.70. The van der Waals surface area contributed by atoms with Crippen molar-refractivity contribution in [3.05, 3.63) is 65.7 Å². The third kappa shape index (κ3) is 5.52. The Morgan fingerprint density at radius 1 is 1.18 bits per heavy atom. The fraction of sp³-hybridized carbons (Fsp3) is 0.133. The summed E-state index contributed by atoms with van der Waals surface area (Å²) in [6.07, 6.45) is 13.6. The van der Waals surface area contributed by atoms with Gasteiger partial charge in [0, 0.05) is 0 Å². The van der Waals surface area contributed by atoms with Gasteiger partial charge in [-0.3, -0.25) is 4.79 Å². The van der Waals surface area contributed by atoms with Gasteiger partial charge in [0.2, 0.25) is 0 Å². The molecule has 1 aromatic heterocycles. The summed E-state index contributed by atoms with van der Waals surface area (Å²) in [7, 11) is 0. The second-order valence-corrected chi connectivity index (χ2v) is 3.67. The van der Waals surface area contributed by atoms with Crippen molar-refractivity contribution in [3.63, 3.8) is 0 Å². The molecule has 0 spiro atoms. The van der Waals surface area contributed by atoms with Crippen LogP contribution in [-0.2, 0) is 4.79 Å². The quantitative estimate of drug-likeness (QED) is 0.434. The first-order valence-electron chi connectivity index (χ1n) is 5.41. The van der Waals surface area contributed by atoms with E-state index in [1.807, 2.05) is 56.4 Å². The van der Waals surface area contributed by atoms with Gasteiger partial charge in [-0.15, -0.1) is 0 Å². The molecule has 0 bridgehead atoms. The van der Waals surface area contributed by atoms with Crippen molar-refractivity contribution in [2.75, 3.05) is 0 Å². The SMILES string of the molecule is CC(/C=C/C=C(C)/C=C/c1ccco1)=C\C=O. The van der Waals surface area contributed by atoms with E-state index in [-0.39, 0.29) is 0 Å². The molecule has 0 amide bonds. The molecule has 2 nitrogen and oxygen atoms in total. The van der Waals surface area contributed by atoms with E-state index in [9.17, 15) is 4.79 Å². The van der Waals surface area contributed by atoms with E-state index in [1.54, 1.807) is 6.26 Å². The monoisotopic (exact) mass is 228 g/mol. The second-order valence-electron chi connectivity index (χ2n) is 3.67. The highest BCUT2D eigenvalue weighted by atomic mass is 16.3. The highest BCUT2D eigenvalue weighted by Crippen LogP contribution is 2.06. The summed E-state index contributed by atoms with van der Waals surface area (Å²) in [6, 6.07) is 3.75. The molecule has 0 atom stereocenters. The zero-order valence-corrected chi connectivity index (χ0v) is 10.1. The van der Waals surface area contributed by atoms with Crippen LogP contribution in [0.5, 0.6) is 0 Å². The zero-order valence-electron chi connectivity index (χ0n) is 10.1. The molecule has 0 unspecified atom stereocenters. The average Bonchev–Trinajstić information content (AvgIpc) is 2.79. The lowest BCUT2D eigenvalue weighted by molar-refractivity contribution is -0.104. The number of furan rings is 1. The van der Waals surface area contributed by atoms with Crippen molar-refractivity contribution in [3.8, 4) is 0 Å². The van der Waals surface area contributed by atoms with Crippen LogP contribution in [0.15, 0.2) is 64.3 Å². The first-order chi connectivity index (χ1) is 8.22. The average molecular weight is 228 g/mol. The van der Waals surface area contributed by atoms with Crippen LogP contribution in [-0.4, -0.2) is 6.29 Å². The zero-order chi connectivity index (χ0) is 12.5. The molecule has 0 aliphatic rings. The maximum Gasteiger partial charge on any atom is 0.143 e. The minimum Gasteiger partial charge on any atom is -0.465 e. The van der Waals surface area contributed by atoms with E-state index in [4.69, 9.17) is 4.42 Å². The van der Waals surface area contributed by atoms with Crippen molar-refractivity contribution >= 4 is 12.4 Å². The first-order valence-corrected chi connectivity index (χ1v) is 5.41. The van der Waals surface area contributed by atoms with Gasteiger partial charge in [-0.1, -0.05) is 29.9 Å². The van der Waals surface area contributed by atoms with E-state index in [1.165, 1.54) is 6.08 Å². The van der Waals surface area contributed by atoms with Gasteiger partial charge in [-0.05, 0) is 43.7 Å². The number of hydrogen-bond acceptors (Lipinski definition) is 2. The van der Waals surface area contributed by atoms with Crippen LogP contribution in [0.25, 0.3) is 6.08 Å². The summed E-state index contributed by atoms with van der Waals surface area (Å²) in [6.45, 7) is 3.88. The summed E-state index contributed by atoms with van der Waals surface area (Å²) in [5, 5.41) is 0. The maximum atomic E-state index is 10.2. The van der Waals surface area contributed by atoms with Gasteiger partial charge in [-0.2, -0.15) is 0 Å². The van der Waals surface area contributed by atoms with E-state index < -0.39 is 0 Å². The lowest BCUT2D eigenvalue weighted by atomic mass is 10.2. The Kier molecular flexibility index (Phi) is 5.52. The molecule has 0 saturated heterocycles. The molecule has 0 saturated carbocycles. The van der Waals surface area contributed by atoms with Crippen LogP contribution < -0.4 is 0 Å². The molecule has 17 heavy (non-hydrogen) atoms. The van der Waals surface area contributed by atoms with Crippen molar-refractivity contribution in [2.24, 2.45) is 0 Å². The van der Waals surface area contributed by atoms with Crippen LogP contribution in [0, 0.1) is 0 Å². The Morgan fingerprint density at radius 2 is 1.94 bits per heavy atom. The van der Waals surface area contributed by atoms with Crippen molar-refractivity contribution in [1.29, 1.82) is 0 Å². The molecule has 0 aromatic carbocycles. The highest BCUT2D eigenvalue weighted by Gasteiger charge is 1.86. The van der Waals surface area contributed by atoms with E-state index >= 15 is 0 Å². The van der Waals surface area contributed by atoms with Gasteiger partial charge in [-0.25, -0.2) is 0 Å². The fourth-order valence-electron chi connectivity index (χ4n) is 1.17. The van der Waals surface area contributed by atoms with Gasteiger partial charge in [0.25, 0.3) is 0 Å². The predicted octanol–water partition coefficient (Wildman–Crippen LogP) is 3.94. The van der Waals surface area contributed by atoms with E-state index in [0.717, 1.165) is 23.2 Å². The van der Waals surface area contributed by atoms with Gasteiger partial charge in [0.15, 0.2) is 0 Å². The van der Waals surface area contributed by atoms with Gasteiger partial charge >= 0.3 is 0 Å². The van der Waals surface area contributed by atoms with Gasteiger partial charge < -0.3 is 4.42 Å². The van der Waals surface area contributed by atoms with Gasteiger partial charge in [0.05, 0.1) is 6.26 Å². The van der Waals surface area contributed by atoms with Crippen molar-refractivity contribution < 1.29 is 9.21 Å². The summed E-state index contributed by atoms with van der Waals surface area (Å²) < 4.78 is 5.18. The number of allylic oxidation sites excluding steroid dienone is 7. The third-order valence-electron chi connectivity index (χ3n) is 2.10. The van der Waals surface area contributed by atoms with Crippen molar-refractivity contribution in [1.82, 2.24) is 0 Å². The number of rotatable bonds is 5. The van der Waals surface area contributed by atoms with Crippen LogP contribution in [0.2, 0.25) is 0 Å². The van der Waals surface area contributed by atoms with Crippen molar-refractivity contribution in [2.45, 2.75) is 13.8 Å². The molecular formula is C15H16O2. The van der Waals surface area contributed by atoms with E-state index in [0.29, 0.717) is 0 Å². The lowest BCUT2D eigenvalue weighted by Gasteiger charge is -1.89. The smallest absolute Gasteiger partial charge is 0.143 e. The van der Waals surface area contributed by atoms with Crippen LogP contribution in [0.3, 0.4) is 0 Å². The highest BCUT2D eigenvalue weighted by molar-refractivity contribution is 5.66. The van der Waals surface area contributed by atoms with Crippen LogP contribution >= 0.6 is 0 Å². The normalized spacial score (nSPS) is 13.8. The molecule has 0 N–H and O–H groups in total. The minimum atomic E-state index is 0.785. The molecule has 88 valence electrons. The molecule has 2 heteroatoms. The predicted molar refractivity (Wildman–Crippen MR) is 70.5 cm³/mol.